The molecule has 2 aromatic carbocycles. The Morgan fingerprint density at radius 1 is 1.00 bits per heavy atom. The van der Waals surface area contributed by atoms with E-state index in [-0.39, 0.29) is 24.8 Å². The maximum absolute atomic E-state index is 14.9. The van der Waals surface area contributed by atoms with Crippen LogP contribution >= 0.6 is 15.9 Å². The third-order valence-corrected chi connectivity index (χ3v) is 10.8. The summed E-state index contributed by atoms with van der Waals surface area (Å²) in [5, 5.41) is 13.8. The van der Waals surface area contributed by atoms with Gasteiger partial charge in [-0.1, -0.05) is 102 Å². The van der Waals surface area contributed by atoms with Crippen LogP contribution in [0.1, 0.15) is 56.8 Å². The molecular formula is C38H44BrN3O7. The number of aliphatic hydroxyl groups is 1. The first kappa shape index (κ1) is 35.0. The lowest BCUT2D eigenvalue weighted by atomic mass is 9.74. The molecule has 49 heavy (non-hydrogen) atoms. The fraction of sp³-hybridized carbons (Fsp3) is 0.474. The van der Waals surface area contributed by atoms with E-state index in [2.05, 4.69) is 21.2 Å². The zero-order chi connectivity index (χ0) is 34.7. The first-order chi connectivity index (χ1) is 23.7. The van der Waals surface area contributed by atoms with Crippen molar-refractivity contribution in [3.05, 3.63) is 94.5 Å². The van der Waals surface area contributed by atoms with Crippen molar-refractivity contribution in [3.8, 4) is 0 Å². The number of aliphatic hydroxyl groups excluding tert-OH is 1. The predicted octanol–water partition coefficient (Wildman–Crippen LogP) is 4.23. The van der Waals surface area contributed by atoms with Gasteiger partial charge in [-0.15, -0.1) is 0 Å². The standard InChI is InChI=1S/C38H44BrN3O7/c1-3-4-19-41-20-13-7-12-18-29(44)40-24(2)32(26-16-10-6-11-17-26)48-37(47)30-31-35(45)42(27(23-43)21-25-14-8-5-9-15-25)34(36(41)46)38(31)22-28(39)33(30)49-38/h5-11,13-17,22,24,27,30-34,43H,3-4,12,18-21,23H2,1-2H3,(H,40,44)/b13-7-/t24-,27-,30+,31-,32+,33+,34+,38-/m1/s1. The minimum Gasteiger partial charge on any atom is -0.455 e. The zero-order valence-corrected chi connectivity index (χ0v) is 29.5. The van der Waals surface area contributed by atoms with E-state index < -0.39 is 66.3 Å². The van der Waals surface area contributed by atoms with E-state index in [1.807, 2.05) is 79.7 Å². The first-order valence-corrected chi connectivity index (χ1v) is 18.0. The van der Waals surface area contributed by atoms with Crippen LogP contribution in [-0.4, -0.2) is 88.1 Å². The second-order valence-corrected chi connectivity index (χ2v) is 14.3. The van der Waals surface area contributed by atoms with Crippen LogP contribution in [0.25, 0.3) is 0 Å². The molecule has 6 rings (SSSR count). The van der Waals surface area contributed by atoms with Crippen LogP contribution in [0.2, 0.25) is 0 Å². The fourth-order valence-corrected chi connectivity index (χ4v) is 8.53. The highest BCUT2D eigenvalue weighted by molar-refractivity contribution is 9.11. The van der Waals surface area contributed by atoms with Gasteiger partial charge >= 0.3 is 5.97 Å². The molecule has 11 heteroatoms. The van der Waals surface area contributed by atoms with Crippen molar-refractivity contribution < 1.29 is 33.8 Å². The van der Waals surface area contributed by atoms with Crippen molar-refractivity contribution in [2.24, 2.45) is 11.8 Å². The highest BCUT2D eigenvalue weighted by atomic mass is 79.9. The number of hydrogen-bond acceptors (Lipinski definition) is 7. The lowest BCUT2D eigenvalue weighted by molar-refractivity contribution is -0.162. The number of likely N-dealkylation sites (tertiary alicyclic amines) is 1. The van der Waals surface area contributed by atoms with Gasteiger partial charge in [0.1, 0.15) is 29.8 Å². The Morgan fingerprint density at radius 2 is 1.71 bits per heavy atom. The number of carbonyl (C=O) groups excluding carboxylic acids is 4. The molecule has 0 saturated carbocycles. The van der Waals surface area contributed by atoms with Crippen molar-refractivity contribution in [2.45, 2.75) is 81.9 Å². The van der Waals surface area contributed by atoms with Gasteiger partial charge in [0.05, 0.1) is 24.6 Å². The van der Waals surface area contributed by atoms with Crippen molar-refractivity contribution in [1.82, 2.24) is 15.1 Å². The molecule has 5 bridgehead atoms. The molecule has 260 valence electrons. The molecular weight excluding hydrogens is 690 g/mol. The lowest BCUT2D eigenvalue weighted by Gasteiger charge is -2.38. The number of hydrogen-bond donors (Lipinski definition) is 2. The molecule has 2 aromatic rings. The summed E-state index contributed by atoms with van der Waals surface area (Å²) in [6.07, 6.45) is 6.43. The highest BCUT2D eigenvalue weighted by Crippen LogP contribution is 2.59. The van der Waals surface area contributed by atoms with E-state index in [1.165, 1.54) is 4.90 Å². The number of rotatable bonds is 8. The van der Waals surface area contributed by atoms with Crippen LogP contribution in [0.15, 0.2) is 83.4 Å². The minimum absolute atomic E-state index is 0.191. The molecule has 0 aromatic heterocycles. The van der Waals surface area contributed by atoms with Crippen molar-refractivity contribution in [1.29, 1.82) is 0 Å². The molecule has 4 aliphatic rings. The number of nitrogens with one attached hydrogen (secondary N) is 1. The molecule has 0 radical (unpaired) electrons. The zero-order valence-electron chi connectivity index (χ0n) is 27.9. The average Bonchev–Trinajstić information content (AvgIpc) is 3.70. The van der Waals surface area contributed by atoms with Gasteiger partial charge in [0, 0.05) is 24.0 Å². The van der Waals surface area contributed by atoms with Crippen molar-refractivity contribution >= 4 is 39.6 Å². The largest absolute Gasteiger partial charge is 0.455 e. The number of carbonyl (C=O) groups is 4. The number of nitrogens with zero attached hydrogens (tertiary/aromatic N) is 2. The van der Waals surface area contributed by atoms with Crippen LogP contribution in [0.3, 0.4) is 0 Å². The van der Waals surface area contributed by atoms with E-state index in [4.69, 9.17) is 9.47 Å². The molecule has 4 heterocycles. The van der Waals surface area contributed by atoms with Gasteiger partial charge in [0.15, 0.2) is 0 Å². The number of cyclic esters (lactones) is 1. The van der Waals surface area contributed by atoms with E-state index in [0.717, 1.165) is 18.4 Å². The summed E-state index contributed by atoms with van der Waals surface area (Å²) in [7, 11) is 0. The summed E-state index contributed by atoms with van der Waals surface area (Å²) < 4.78 is 13.5. The number of unbranched alkanes of at least 4 members (excludes halogenated alkanes) is 1. The third kappa shape index (κ3) is 6.72. The average molecular weight is 735 g/mol. The molecule has 2 saturated heterocycles. The predicted molar refractivity (Wildman–Crippen MR) is 186 cm³/mol. The minimum atomic E-state index is -1.46. The molecule has 2 N–H and O–H groups in total. The number of esters is 1. The lowest BCUT2D eigenvalue weighted by Crippen LogP contribution is -2.59. The van der Waals surface area contributed by atoms with Gasteiger partial charge < -0.3 is 29.7 Å². The Labute approximate surface area is 295 Å². The number of halogens is 1. The quantitative estimate of drug-likeness (QED) is 0.308. The van der Waals surface area contributed by atoms with Crippen LogP contribution < -0.4 is 5.32 Å². The topological polar surface area (TPSA) is 125 Å². The number of amides is 3. The third-order valence-electron chi connectivity index (χ3n) is 10.1. The van der Waals surface area contributed by atoms with E-state index >= 15 is 0 Å². The summed E-state index contributed by atoms with van der Waals surface area (Å²) in [6.45, 7) is 4.16. The summed E-state index contributed by atoms with van der Waals surface area (Å²) in [5.41, 5.74) is 0.127. The van der Waals surface area contributed by atoms with Gasteiger partial charge in [-0.2, -0.15) is 0 Å². The van der Waals surface area contributed by atoms with Crippen LogP contribution in [0, 0.1) is 11.8 Å². The summed E-state index contributed by atoms with van der Waals surface area (Å²) in [5.74, 6) is -3.73. The molecule has 2 fully saturated rings. The van der Waals surface area contributed by atoms with Crippen molar-refractivity contribution in [2.75, 3.05) is 19.7 Å². The maximum Gasteiger partial charge on any atom is 0.313 e. The van der Waals surface area contributed by atoms with E-state index in [9.17, 15) is 24.3 Å². The fourth-order valence-electron chi connectivity index (χ4n) is 7.79. The van der Waals surface area contributed by atoms with Gasteiger partial charge in [0.25, 0.3) is 0 Å². The van der Waals surface area contributed by atoms with Crippen LogP contribution in [-0.2, 0) is 35.1 Å². The van der Waals surface area contributed by atoms with Gasteiger partial charge in [-0.3, -0.25) is 19.2 Å². The smallest absolute Gasteiger partial charge is 0.313 e. The Hall–Kier alpha value is -3.80. The van der Waals surface area contributed by atoms with Gasteiger partial charge in [0.2, 0.25) is 17.7 Å². The second kappa shape index (κ2) is 15.0. The Bertz CT molecular complexity index is 1600. The molecule has 0 unspecified atom stereocenters. The Kier molecular flexibility index (Phi) is 10.7. The Morgan fingerprint density at radius 3 is 2.41 bits per heavy atom. The summed E-state index contributed by atoms with van der Waals surface area (Å²) in [6, 6.07) is 16.2. The van der Waals surface area contributed by atoms with E-state index in [1.54, 1.807) is 17.9 Å². The maximum atomic E-state index is 14.9. The molecule has 0 aliphatic carbocycles. The summed E-state index contributed by atoms with van der Waals surface area (Å²) >= 11 is 3.62. The number of fused-ring (bicyclic) bond motifs is 2. The van der Waals surface area contributed by atoms with Gasteiger partial charge in [-0.05, 0) is 43.4 Å². The van der Waals surface area contributed by atoms with Gasteiger partial charge in [-0.25, -0.2) is 0 Å². The molecule has 8 atom stereocenters. The van der Waals surface area contributed by atoms with E-state index in [0.29, 0.717) is 29.4 Å². The normalized spacial score (nSPS) is 31.6. The molecule has 3 amide bonds. The highest BCUT2D eigenvalue weighted by Gasteiger charge is 2.75. The molecule has 1 spiro atoms. The Balaban J connectivity index is 1.46. The van der Waals surface area contributed by atoms with Crippen molar-refractivity contribution in [3.63, 3.8) is 0 Å². The number of benzene rings is 2. The molecule has 4 aliphatic heterocycles. The number of ether oxygens (including phenoxy) is 2. The first-order valence-electron chi connectivity index (χ1n) is 17.2. The number of allylic oxidation sites excluding steroid dienone is 1. The van der Waals surface area contributed by atoms with Crippen LogP contribution in [0.5, 0.6) is 0 Å². The molecule has 10 nitrogen and oxygen atoms in total. The SMILES string of the molecule is CCCCN1C/C=C\CCC(=O)N[C@H](C)[C@@H](c2ccccc2)OC(=O)[C@@H]2[C@H]3O[C@@]4(C=C3Br)[C@H](C1=O)N([C@@H](CO)Cc1ccccc1)C(=O)[C@@H]24. The van der Waals surface area contributed by atoms with Crippen LogP contribution in [0.4, 0.5) is 0 Å². The second-order valence-electron chi connectivity index (χ2n) is 13.4. The summed E-state index contributed by atoms with van der Waals surface area (Å²) in [4.78, 5) is 60.3. The monoisotopic (exact) mass is 733 g/mol.